The summed E-state index contributed by atoms with van der Waals surface area (Å²) in [5.74, 6) is -0.000697. The summed E-state index contributed by atoms with van der Waals surface area (Å²) < 4.78 is 0. The first-order chi connectivity index (χ1) is 7.59. The Kier molecular flexibility index (Phi) is 4.45. The van der Waals surface area contributed by atoms with Crippen LogP contribution >= 0.6 is 0 Å². The minimum Gasteiger partial charge on any atom is -0.353 e. The van der Waals surface area contributed by atoms with E-state index < -0.39 is 0 Å². The molecule has 0 spiro atoms. The van der Waals surface area contributed by atoms with Gasteiger partial charge in [-0.25, -0.2) is 0 Å². The van der Waals surface area contributed by atoms with Crippen LogP contribution in [-0.4, -0.2) is 18.2 Å². The molecular formula is C13H15NO2. The smallest absolute Gasteiger partial charge is 0.217 e. The van der Waals surface area contributed by atoms with Gasteiger partial charge in [0.05, 0.1) is 0 Å². The van der Waals surface area contributed by atoms with Crippen LogP contribution in [0.5, 0.6) is 0 Å². The number of benzene rings is 1. The normalized spacial score (nSPS) is 10.4. The van der Waals surface area contributed by atoms with Crippen LogP contribution in [0.2, 0.25) is 0 Å². The topological polar surface area (TPSA) is 46.2 Å². The van der Waals surface area contributed by atoms with Crippen molar-refractivity contribution in [3.05, 3.63) is 41.5 Å². The summed E-state index contributed by atoms with van der Waals surface area (Å²) in [5.41, 5.74) is 1.65. The van der Waals surface area contributed by atoms with Crippen LogP contribution in [-0.2, 0) is 4.79 Å². The fourth-order valence-electron chi connectivity index (χ4n) is 1.26. The summed E-state index contributed by atoms with van der Waals surface area (Å²) in [6.07, 6.45) is 3.73. The van der Waals surface area contributed by atoms with E-state index in [0.717, 1.165) is 5.56 Å². The third-order valence-electron chi connectivity index (χ3n) is 2.07. The molecule has 0 aromatic heterocycles. The standard InChI is InChI=1S/C13H15NO2/c1-10(15)13-7-3-5-12(9-13)6-4-8-14-11(2)16/h3-7,9H,8H2,1-2H3,(H,14,16). The van der Waals surface area contributed by atoms with Crippen LogP contribution in [0.15, 0.2) is 30.3 Å². The van der Waals surface area contributed by atoms with Gasteiger partial charge in [-0.15, -0.1) is 0 Å². The first-order valence-electron chi connectivity index (χ1n) is 5.11. The highest BCUT2D eigenvalue weighted by molar-refractivity contribution is 5.94. The molecule has 3 heteroatoms. The average Bonchev–Trinajstić information content (AvgIpc) is 2.24. The number of ketones is 1. The minimum absolute atomic E-state index is 0.0529. The van der Waals surface area contributed by atoms with Crippen molar-refractivity contribution >= 4 is 17.8 Å². The van der Waals surface area contributed by atoms with Gasteiger partial charge in [-0.2, -0.15) is 0 Å². The highest BCUT2D eigenvalue weighted by atomic mass is 16.1. The Labute approximate surface area is 95.2 Å². The minimum atomic E-state index is -0.0536. The molecule has 1 aromatic carbocycles. The van der Waals surface area contributed by atoms with Crippen molar-refractivity contribution in [2.75, 3.05) is 6.54 Å². The van der Waals surface area contributed by atoms with Gasteiger partial charge in [-0.1, -0.05) is 30.4 Å². The molecule has 0 aliphatic heterocycles. The fourth-order valence-corrected chi connectivity index (χ4v) is 1.26. The number of hydrogen-bond donors (Lipinski definition) is 1. The predicted molar refractivity (Wildman–Crippen MR) is 64.2 cm³/mol. The van der Waals surface area contributed by atoms with E-state index in [-0.39, 0.29) is 11.7 Å². The maximum Gasteiger partial charge on any atom is 0.217 e. The monoisotopic (exact) mass is 217 g/mol. The number of nitrogens with one attached hydrogen (secondary N) is 1. The molecule has 1 aromatic rings. The lowest BCUT2D eigenvalue weighted by Crippen LogP contribution is -2.19. The van der Waals surface area contributed by atoms with Gasteiger partial charge in [0.15, 0.2) is 5.78 Å². The van der Waals surface area contributed by atoms with E-state index in [1.807, 2.05) is 30.4 Å². The van der Waals surface area contributed by atoms with Gasteiger partial charge in [0.25, 0.3) is 0 Å². The van der Waals surface area contributed by atoms with Crippen molar-refractivity contribution in [1.82, 2.24) is 5.32 Å². The van der Waals surface area contributed by atoms with Gasteiger partial charge in [0.2, 0.25) is 5.91 Å². The summed E-state index contributed by atoms with van der Waals surface area (Å²) >= 11 is 0. The van der Waals surface area contributed by atoms with E-state index >= 15 is 0 Å². The van der Waals surface area contributed by atoms with Crippen LogP contribution in [0.25, 0.3) is 6.08 Å². The van der Waals surface area contributed by atoms with Crippen molar-refractivity contribution < 1.29 is 9.59 Å². The number of carbonyl (C=O) groups is 2. The molecule has 0 atom stereocenters. The van der Waals surface area contributed by atoms with Crippen molar-refractivity contribution in [1.29, 1.82) is 0 Å². The van der Waals surface area contributed by atoms with Gasteiger partial charge in [-0.05, 0) is 18.6 Å². The SMILES string of the molecule is CC(=O)NCC=Cc1cccc(C(C)=O)c1. The second-order valence-corrected chi connectivity index (χ2v) is 3.52. The molecule has 0 saturated carbocycles. The van der Waals surface area contributed by atoms with Crippen LogP contribution in [0.1, 0.15) is 29.8 Å². The van der Waals surface area contributed by atoms with Crippen molar-refractivity contribution in [3.63, 3.8) is 0 Å². The Hall–Kier alpha value is -1.90. The molecule has 0 saturated heterocycles. The van der Waals surface area contributed by atoms with Gasteiger partial charge in [0.1, 0.15) is 0 Å². The fraction of sp³-hybridized carbons (Fsp3) is 0.231. The molecule has 16 heavy (non-hydrogen) atoms. The molecule has 84 valence electrons. The molecule has 0 aliphatic rings. The highest BCUT2D eigenvalue weighted by Crippen LogP contribution is 2.07. The molecule has 0 aliphatic carbocycles. The summed E-state index contributed by atoms with van der Waals surface area (Å²) in [5, 5.41) is 2.66. The van der Waals surface area contributed by atoms with Crippen molar-refractivity contribution in [2.24, 2.45) is 0 Å². The highest BCUT2D eigenvalue weighted by Gasteiger charge is 1.97. The molecular weight excluding hydrogens is 202 g/mol. The second kappa shape index (κ2) is 5.85. The summed E-state index contributed by atoms with van der Waals surface area (Å²) in [6, 6.07) is 7.37. The lowest BCUT2D eigenvalue weighted by atomic mass is 10.1. The van der Waals surface area contributed by atoms with Gasteiger partial charge in [0, 0.05) is 19.0 Å². The first-order valence-corrected chi connectivity index (χ1v) is 5.11. The van der Waals surface area contributed by atoms with E-state index in [1.165, 1.54) is 6.92 Å². The molecule has 0 radical (unpaired) electrons. The number of hydrogen-bond acceptors (Lipinski definition) is 2. The first kappa shape index (κ1) is 12.2. The third-order valence-corrected chi connectivity index (χ3v) is 2.07. The van der Waals surface area contributed by atoms with Gasteiger partial charge < -0.3 is 5.32 Å². The lowest BCUT2D eigenvalue weighted by molar-refractivity contribution is -0.118. The molecule has 1 rings (SSSR count). The van der Waals surface area contributed by atoms with Crippen molar-refractivity contribution in [2.45, 2.75) is 13.8 Å². The van der Waals surface area contributed by atoms with E-state index in [4.69, 9.17) is 0 Å². The molecule has 1 amide bonds. The van der Waals surface area contributed by atoms with Crippen LogP contribution in [0, 0.1) is 0 Å². The van der Waals surface area contributed by atoms with E-state index in [1.54, 1.807) is 13.0 Å². The molecule has 0 fully saturated rings. The largest absolute Gasteiger partial charge is 0.353 e. The third kappa shape index (κ3) is 4.09. The van der Waals surface area contributed by atoms with E-state index in [0.29, 0.717) is 12.1 Å². The van der Waals surface area contributed by atoms with Crippen LogP contribution in [0.4, 0.5) is 0 Å². The predicted octanol–water partition coefficient (Wildman–Crippen LogP) is 2.04. The Balaban J connectivity index is 2.63. The lowest BCUT2D eigenvalue weighted by Gasteiger charge is -1.98. The molecule has 0 heterocycles. The molecule has 0 bridgehead atoms. The Morgan fingerprint density at radius 1 is 1.31 bits per heavy atom. The number of amides is 1. The zero-order valence-electron chi connectivity index (χ0n) is 9.49. The summed E-state index contributed by atoms with van der Waals surface area (Å²) in [7, 11) is 0. The zero-order valence-corrected chi connectivity index (χ0v) is 9.49. The quantitative estimate of drug-likeness (QED) is 0.784. The van der Waals surface area contributed by atoms with Gasteiger partial charge >= 0.3 is 0 Å². The zero-order chi connectivity index (χ0) is 12.0. The van der Waals surface area contributed by atoms with Gasteiger partial charge in [-0.3, -0.25) is 9.59 Å². The average molecular weight is 217 g/mol. The van der Waals surface area contributed by atoms with Crippen molar-refractivity contribution in [3.8, 4) is 0 Å². The van der Waals surface area contributed by atoms with E-state index in [2.05, 4.69) is 5.32 Å². The molecule has 3 nitrogen and oxygen atoms in total. The number of carbonyl (C=O) groups excluding carboxylic acids is 2. The van der Waals surface area contributed by atoms with Crippen LogP contribution < -0.4 is 5.32 Å². The van der Waals surface area contributed by atoms with E-state index in [9.17, 15) is 9.59 Å². The maximum absolute atomic E-state index is 11.1. The van der Waals surface area contributed by atoms with Crippen LogP contribution in [0.3, 0.4) is 0 Å². The number of rotatable bonds is 4. The molecule has 0 unspecified atom stereocenters. The Bertz CT molecular complexity index is 422. The second-order valence-electron chi connectivity index (χ2n) is 3.52. The number of Topliss-reactive ketones (excluding diaryl/α,β-unsaturated/α-hetero) is 1. The molecule has 1 N–H and O–H groups in total. The summed E-state index contributed by atoms with van der Waals surface area (Å²) in [6.45, 7) is 3.52. The Morgan fingerprint density at radius 3 is 2.69 bits per heavy atom. The maximum atomic E-state index is 11.1. The Morgan fingerprint density at radius 2 is 2.06 bits per heavy atom. The summed E-state index contributed by atoms with van der Waals surface area (Å²) in [4.78, 5) is 21.7.